The van der Waals surface area contributed by atoms with E-state index in [9.17, 15) is 13.2 Å². The zero-order valence-corrected chi connectivity index (χ0v) is 10.6. The molecule has 2 aromatic rings. The Morgan fingerprint density at radius 3 is 2.55 bits per heavy atom. The summed E-state index contributed by atoms with van der Waals surface area (Å²) in [5.74, 6) is 0.192. The third-order valence-electron chi connectivity index (χ3n) is 2.67. The van der Waals surface area contributed by atoms with Crippen LogP contribution in [-0.2, 0) is 12.6 Å². The fraction of sp³-hybridized carbons (Fsp3) is 0.231. The van der Waals surface area contributed by atoms with Crippen molar-refractivity contribution in [3.8, 4) is 5.88 Å². The van der Waals surface area contributed by atoms with Crippen molar-refractivity contribution in [3.05, 3.63) is 47.2 Å². The van der Waals surface area contributed by atoms with Crippen LogP contribution in [0.2, 0.25) is 0 Å². The van der Waals surface area contributed by atoms with E-state index in [4.69, 9.17) is 10.5 Å². The van der Waals surface area contributed by atoms with Gasteiger partial charge < -0.3 is 10.5 Å². The Hall–Kier alpha value is -2.31. The van der Waals surface area contributed by atoms with Gasteiger partial charge in [-0.25, -0.2) is 0 Å². The highest BCUT2D eigenvalue weighted by Gasteiger charge is 2.30. The zero-order chi connectivity index (χ0) is 14.8. The lowest BCUT2D eigenvalue weighted by molar-refractivity contribution is -0.137. The lowest BCUT2D eigenvalue weighted by atomic mass is 10.1. The second-order valence-electron chi connectivity index (χ2n) is 4.18. The minimum atomic E-state index is -4.36. The molecular weight excluding hydrogens is 271 g/mol. The summed E-state index contributed by atoms with van der Waals surface area (Å²) < 4.78 is 42.7. The van der Waals surface area contributed by atoms with Gasteiger partial charge in [-0.1, -0.05) is 18.2 Å². The number of nitrogens with zero attached hydrogens (tertiary/aromatic N) is 2. The number of methoxy groups -OCH3 is 1. The number of halogens is 3. The van der Waals surface area contributed by atoms with Gasteiger partial charge in [0.05, 0.1) is 24.1 Å². The number of nitrogens with two attached hydrogens (primary N) is 1. The summed E-state index contributed by atoms with van der Waals surface area (Å²) in [5.41, 5.74) is 6.24. The third kappa shape index (κ3) is 3.17. The monoisotopic (exact) mass is 283 g/mol. The summed E-state index contributed by atoms with van der Waals surface area (Å²) in [4.78, 5) is 0. The van der Waals surface area contributed by atoms with Crippen molar-refractivity contribution in [2.45, 2.75) is 12.6 Å². The summed E-state index contributed by atoms with van der Waals surface area (Å²) >= 11 is 0. The number of rotatable bonds is 3. The second kappa shape index (κ2) is 5.36. The maximum Gasteiger partial charge on any atom is 0.416 e. The van der Waals surface area contributed by atoms with Crippen LogP contribution in [0.3, 0.4) is 0 Å². The van der Waals surface area contributed by atoms with Gasteiger partial charge in [0.1, 0.15) is 0 Å². The number of nitrogen functional groups attached to an aromatic ring is 1. The molecular formula is C13H12F3N3O. The van der Waals surface area contributed by atoms with Crippen LogP contribution in [-0.4, -0.2) is 17.3 Å². The van der Waals surface area contributed by atoms with Gasteiger partial charge in [-0.3, -0.25) is 0 Å². The molecule has 0 atom stereocenters. The lowest BCUT2D eigenvalue weighted by Crippen LogP contribution is -2.06. The zero-order valence-electron chi connectivity index (χ0n) is 10.6. The molecule has 0 fully saturated rings. The van der Waals surface area contributed by atoms with Gasteiger partial charge in [-0.05, 0) is 17.7 Å². The average Bonchev–Trinajstić information content (AvgIpc) is 2.38. The standard InChI is InChI=1S/C13H12F3N3O/c1-20-12-11(17)7-10(18-19-12)6-8-3-2-4-9(5-8)13(14,15)16/h2-5,7H,6H2,1H3,(H2,17,18). The Balaban J connectivity index is 2.24. The van der Waals surface area contributed by atoms with Crippen LogP contribution in [0.25, 0.3) is 0 Å². The molecule has 0 saturated heterocycles. The van der Waals surface area contributed by atoms with Crippen molar-refractivity contribution in [2.24, 2.45) is 0 Å². The molecule has 106 valence electrons. The number of anilines is 1. The molecule has 0 bridgehead atoms. The average molecular weight is 283 g/mol. The molecule has 2 N–H and O–H groups in total. The van der Waals surface area contributed by atoms with Gasteiger partial charge in [0.2, 0.25) is 0 Å². The molecule has 4 nitrogen and oxygen atoms in total. The number of benzene rings is 1. The molecule has 0 unspecified atom stereocenters. The SMILES string of the molecule is COc1nnc(Cc2cccc(C(F)(F)F)c2)cc1N. The maximum absolute atomic E-state index is 12.6. The van der Waals surface area contributed by atoms with E-state index in [1.54, 1.807) is 6.07 Å². The molecule has 0 radical (unpaired) electrons. The molecule has 0 saturated carbocycles. The van der Waals surface area contributed by atoms with Crippen LogP contribution in [0.15, 0.2) is 30.3 Å². The summed E-state index contributed by atoms with van der Waals surface area (Å²) in [6, 6.07) is 6.60. The van der Waals surface area contributed by atoms with Crippen molar-refractivity contribution < 1.29 is 17.9 Å². The Morgan fingerprint density at radius 2 is 1.95 bits per heavy atom. The molecule has 1 aromatic carbocycles. The highest BCUT2D eigenvalue weighted by atomic mass is 19.4. The first-order chi connectivity index (χ1) is 9.40. The predicted octanol–water partition coefficient (Wildman–Crippen LogP) is 2.68. The third-order valence-corrected chi connectivity index (χ3v) is 2.67. The van der Waals surface area contributed by atoms with Crippen LogP contribution in [0.1, 0.15) is 16.8 Å². The van der Waals surface area contributed by atoms with Crippen molar-refractivity contribution in [1.29, 1.82) is 0 Å². The van der Waals surface area contributed by atoms with E-state index in [0.29, 0.717) is 16.9 Å². The molecule has 0 aliphatic heterocycles. The number of ether oxygens (including phenoxy) is 1. The first-order valence-electron chi connectivity index (χ1n) is 5.72. The van der Waals surface area contributed by atoms with Crippen molar-refractivity contribution in [1.82, 2.24) is 10.2 Å². The first kappa shape index (κ1) is 14.1. The van der Waals surface area contributed by atoms with Gasteiger partial charge in [-0.15, -0.1) is 5.10 Å². The smallest absolute Gasteiger partial charge is 0.416 e. The molecule has 0 amide bonds. The summed E-state index contributed by atoms with van der Waals surface area (Å²) in [6.45, 7) is 0. The summed E-state index contributed by atoms with van der Waals surface area (Å²) in [6.07, 6.45) is -4.15. The van der Waals surface area contributed by atoms with Crippen molar-refractivity contribution in [3.63, 3.8) is 0 Å². The van der Waals surface area contributed by atoms with Gasteiger partial charge in [0.25, 0.3) is 5.88 Å². The maximum atomic E-state index is 12.6. The minimum absolute atomic E-state index is 0.192. The normalized spacial score (nSPS) is 11.4. The van der Waals surface area contributed by atoms with Crippen LogP contribution in [0.5, 0.6) is 5.88 Å². The van der Waals surface area contributed by atoms with E-state index in [1.165, 1.54) is 19.2 Å². The number of hydrogen-bond acceptors (Lipinski definition) is 4. The van der Waals surface area contributed by atoms with E-state index < -0.39 is 11.7 Å². The molecule has 1 aromatic heterocycles. The first-order valence-corrected chi connectivity index (χ1v) is 5.72. The fourth-order valence-electron chi connectivity index (χ4n) is 1.75. The van der Waals surface area contributed by atoms with Crippen LogP contribution in [0.4, 0.5) is 18.9 Å². The van der Waals surface area contributed by atoms with E-state index in [2.05, 4.69) is 10.2 Å². The fourth-order valence-corrected chi connectivity index (χ4v) is 1.75. The molecule has 0 spiro atoms. The minimum Gasteiger partial charge on any atom is -0.478 e. The predicted molar refractivity (Wildman–Crippen MR) is 67.2 cm³/mol. The lowest BCUT2D eigenvalue weighted by Gasteiger charge is -2.09. The quantitative estimate of drug-likeness (QED) is 0.940. The molecule has 20 heavy (non-hydrogen) atoms. The highest BCUT2D eigenvalue weighted by molar-refractivity contribution is 5.48. The number of hydrogen-bond donors (Lipinski definition) is 1. The summed E-state index contributed by atoms with van der Waals surface area (Å²) in [7, 11) is 1.41. The Kier molecular flexibility index (Phi) is 3.78. The number of aromatic nitrogens is 2. The Labute approximate surface area is 113 Å². The van der Waals surface area contributed by atoms with Crippen molar-refractivity contribution >= 4 is 5.69 Å². The van der Waals surface area contributed by atoms with Gasteiger partial charge in [-0.2, -0.15) is 18.3 Å². The van der Waals surface area contributed by atoms with E-state index in [-0.39, 0.29) is 12.3 Å². The van der Waals surface area contributed by atoms with E-state index in [0.717, 1.165) is 12.1 Å². The van der Waals surface area contributed by atoms with Gasteiger partial charge in [0, 0.05) is 6.42 Å². The van der Waals surface area contributed by atoms with Crippen LogP contribution >= 0.6 is 0 Å². The molecule has 2 rings (SSSR count). The molecule has 7 heteroatoms. The molecule has 0 aliphatic rings. The van der Waals surface area contributed by atoms with Crippen LogP contribution < -0.4 is 10.5 Å². The van der Waals surface area contributed by atoms with Crippen molar-refractivity contribution in [2.75, 3.05) is 12.8 Å². The Bertz CT molecular complexity index is 614. The van der Waals surface area contributed by atoms with Crippen LogP contribution in [0, 0.1) is 0 Å². The molecule has 1 heterocycles. The largest absolute Gasteiger partial charge is 0.478 e. The number of alkyl halides is 3. The van der Waals surface area contributed by atoms with Gasteiger partial charge in [0.15, 0.2) is 0 Å². The topological polar surface area (TPSA) is 61.0 Å². The van der Waals surface area contributed by atoms with E-state index >= 15 is 0 Å². The summed E-state index contributed by atoms with van der Waals surface area (Å²) in [5, 5.41) is 7.61. The van der Waals surface area contributed by atoms with E-state index in [1.807, 2.05) is 0 Å². The second-order valence-corrected chi connectivity index (χ2v) is 4.18. The Morgan fingerprint density at radius 1 is 1.20 bits per heavy atom. The van der Waals surface area contributed by atoms with Gasteiger partial charge >= 0.3 is 6.18 Å². The molecule has 0 aliphatic carbocycles. The highest BCUT2D eigenvalue weighted by Crippen LogP contribution is 2.30.